The average molecular weight is 392 g/mol. The Morgan fingerprint density at radius 2 is 1.88 bits per heavy atom. The topological polar surface area (TPSA) is 39.2 Å². The van der Waals surface area contributed by atoms with Crippen LogP contribution in [0.1, 0.15) is 22.8 Å². The Hall–Kier alpha value is -2.34. The van der Waals surface area contributed by atoms with E-state index in [1.54, 1.807) is 18.2 Å². The molecule has 122 valence electrons. The van der Waals surface area contributed by atoms with Gasteiger partial charge >= 0.3 is 0 Å². The molecule has 6 heteroatoms. The Morgan fingerprint density at radius 3 is 2.54 bits per heavy atom. The van der Waals surface area contributed by atoms with Crippen molar-refractivity contribution in [1.29, 1.82) is 0 Å². The molecule has 1 heterocycles. The van der Waals surface area contributed by atoms with Crippen molar-refractivity contribution in [2.75, 3.05) is 6.61 Å². The van der Waals surface area contributed by atoms with Crippen LogP contribution >= 0.6 is 15.9 Å². The molecule has 0 saturated heterocycles. The summed E-state index contributed by atoms with van der Waals surface area (Å²) in [5, 5.41) is 1.14. The number of rotatable bonds is 4. The molecule has 3 rings (SSSR count). The summed E-state index contributed by atoms with van der Waals surface area (Å²) in [4.78, 5) is 16.9. The van der Waals surface area contributed by atoms with Gasteiger partial charge in [-0.3, -0.25) is 4.79 Å². The van der Waals surface area contributed by atoms with Gasteiger partial charge in [-0.2, -0.15) is 0 Å². The molecular weight excluding hydrogens is 380 g/mol. The molecule has 0 fully saturated rings. The number of carbonyl (C=O) groups is 1. The summed E-state index contributed by atoms with van der Waals surface area (Å²) < 4.78 is 33.9. The highest BCUT2D eigenvalue weighted by molar-refractivity contribution is 9.10. The Labute approximate surface area is 145 Å². The molecule has 0 spiro atoms. The number of benzene rings is 2. The molecule has 0 amide bonds. The Bertz CT molecular complexity index is 920. The van der Waals surface area contributed by atoms with Crippen molar-refractivity contribution in [2.45, 2.75) is 6.92 Å². The first-order valence-electron chi connectivity index (χ1n) is 7.22. The van der Waals surface area contributed by atoms with E-state index < -0.39 is 23.0 Å². The number of aromatic nitrogens is 1. The van der Waals surface area contributed by atoms with Crippen molar-refractivity contribution in [1.82, 2.24) is 4.98 Å². The van der Waals surface area contributed by atoms with Crippen LogP contribution in [0.15, 0.2) is 47.1 Å². The molecule has 2 aromatic carbocycles. The number of ether oxygens (including phenoxy) is 1. The first-order valence-corrected chi connectivity index (χ1v) is 8.02. The lowest BCUT2D eigenvalue weighted by Crippen LogP contribution is -2.08. The maximum Gasteiger partial charge on any atom is 0.221 e. The zero-order valence-corrected chi connectivity index (χ0v) is 14.2. The van der Waals surface area contributed by atoms with Crippen LogP contribution in [0.5, 0.6) is 5.88 Å². The van der Waals surface area contributed by atoms with Crippen molar-refractivity contribution >= 4 is 32.5 Å². The number of pyridine rings is 1. The second-order valence-electron chi connectivity index (χ2n) is 5.02. The summed E-state index contributed by atoms with van der Waals surface area (Å²) in [6, 6.07) is 8.66. The van der Waals surface area contributed by atoms with Crippen LogP contribution in [0.3, 0.4) is 0 Å². The Morgan fingerprint density at radius 1 is 1.17 bits per heavy atom. The van der Waals surface area contributed by atoms with E-state index in [-0.39, 0.29) is 10.0 Å². The van der Waals surface area contributed by atoms with E-state index in [1.165, 1.54) is 12.3 Å². The summed E-state index contributed by atoms with van der Waals surface area (Å²) in [5.41, 5.74) is -0.392. The van der Waals surface area contributed by atoms with Gasteiger partial charge in [-0.05, 0) is 36.6 Å². The fourth-order valence-electron chi connectivity index (χ4n) is 2.52. The highest BCUT2D eigenvalue weighted by Gasteiger charge is 2.22. The second-order valence-corrected chi connectivity index (χ2v) is 5.94. The molecule has 0 radical (unpaired) electrons. The maximum absolute atomic E-state index is 14.1. The van der Waals surface area contributed by atoms with Crippen molar-refractivity contribution in [3.63, 3.8) is 0 Å². The summed E-state index contributed by atoms with van der Waals surface area (Å²) in [5.74, 6) is -2.18. The van der Waals surface area contributed by atoms with Gasteiger partial charge in [0, 0.05) is 21.6 Å². The number of ketones is 1. The Kier molecular flexibility index (Phi) is 4.57. The normalized spacial score (nSPS) is 10.8. The SMILES string of the molecule is CCOc1nccc2c(C(=O)c3c(F)cc(Br)cc3F)cccc12. The number of nitrogens with zero attached hydrogens (tertiary/aromatic N) is 1. The smallest absolute Gasteiger partial charge is 0.221 e. The van der Waals surface area contributed by atoms with Crippen LogP contribution in [0, 0.1) is 11.6 Å². The summed E-state index contributed by atoms with van der Waals surface area (Å²) in [7, 11) is 0. The first kappa shape index (κ1) is 16.5. The lowest BCUT2D eigenvalue weighted by atomic mass is 9.97. The van der Waals surface area contributed by atoms with Crippen LogP contribution in [-0.2, 0) is 0 Å². The van der Waals surface area contributed by atoms with Gasteiger partial charge in [0.05, 0.1) is 12.2 Å². The quantitative estimate of drug-likeness (QED) is 0.593. The number of carbonyl (C=O) groups excluding carboxylic acids is 1. The average Bonchev–Trinajstić information content (AvgIpc) is 2.54. The molecule has 3 nitrogen and oxygen atoms in total. The maximum atomic E-state index is 14.1. The van der Waals surface area contributed by atoms with E-state index in [4.69, 9.17) is 4.74 Å². The lowest BCUT2D eigenvalue weighted by Gasteiger charge is -2.10. The third-order valence-electron chi connectivity index (χ3n) is 3.53. The minimum Gasteiger partial charge on any atom is -0.478 e. The van der Waals surface area contributed by atoms with Gasteiger partial charge < -0.3 is 4.74 Å². The van der Waals surface area contributed by atoms with Gasteiger partial charge in [-0.15, -0.1) is 0 Å². The second kappa shape index (κ2) is 6.65. The van der Waals surface area contributed by atoms with Gasteiger partial charge in [0.2, 0.25) is 5.88 Å². The molecular formula is C18H12BrF2NO2. The van der Waals surface area contributed by atoms with Crippen molar-refractivity contribution in [3.05, 3.63) is 69.8 Å². The first-order chi connectivity index (χ1) is 11.5. The fraction of sp³-hybridized carbons (Fsp3) is 0.111. The Balaban J connectivity index is 2.20. The number of halogens is 3. The molecule has 0 bridgehead atoms. The number of hydrogen-bond acceptors (Lipinski definition) is 3. The molecule has 0 saturated carbocycles. The predicted octanol–water partition coefficient (Wildman–Crippen LogP) is 4.91. The summed E-state index contributed by atoms with van der Waals surface area (Å²) in [6.07, 6.45) is 1.50. The zero-order valence-electron chi connectivity index (χ0n) is 12.6. The molecule has 24 heavy (non-hydrogen) atoms. The molecule has 0 aliphatic rings. The summed E-state index contributed by atoms with van der Waals surface area (Å²) in [6.45, 7) is 2.24. The molecule has 1 aromatic heterocycles. The monoisotopic (exact) mass is 391 g/mol. The number of fused-ring (bicyclic) bond motifs is 1. The van der Waals surface area contributed by atoms with E-state index in [9.17, 15) is 13.6 Å². The standard InChI is InChI=1S/C18H12BrF2NO2/c1-2-24-18-13-5-3-4-12(11(13)6-7-22-18)17(23)16-14(20)8-10(19)9-15(16)21/h3-9H,2H2,1H3. The van der Waals surface area contributed by atoms with Crippen LogP contribution < -0.4 is 4.74 Å². The van der Waals surface area contributed by atoms with Crippen LogP contribution in [0.4, 0.5) is 8.78 Å². The van der Waals surface area contributed by atoms with Gasteiger partial charge in [-0.25, -0.2) is 13.8 Å². The molecule has 0 atom stereocenters. The minimum absolute atomic E-state index is 0.191. The van der Waals surface area contributed by atoms with Crippen LogP contribution in [0.25, 0.3) is 10.8 Å². The molecule has 0 aliphatic carbocycles. The van der Waals surface area contributed by atoms with Crippen molar-refractivity contribution < 1.29 is 18.3 Å². The molecule has 0 unspecified atom stereocenters. The van der Waals surface area contributed by atoms with E-state index in [1.807, 2.05) is 6.92 Å². The van der Waals surface area contributed by atoms with E-state index in [0.29, 0.717) is 23.3 Å². The van der Waals surface area contributed by atoms with Crippen molar-refractivity contribution in [2.24, 2.45) is 0 Å². The van der Waals surface area contributed by atoms with E-state index in [2.05, 4.69) is 20.9 Å². The van der Waals surface area contributed by atoms with Gasteiger partial charge in [0.15, 0.2) is 5.78 Å². The van der Waals surface area contributed by atoms with E-state index in [0.717, 1.165) is 12.1 Å². The fourth-order valence-corrected chi connectivity index (χ4v) is 2.93. The van der Waals surface area contributed by atoms with Gasteiger partial charge in [0.25, 0.3) is 0 Å². The largest absolute Gasteiger partial charge is 0.478 e. The highest BCUT2D eigenvalue weighted by Crippen LogP contribution is 2.29. The molecule has 3 aromatic rings. The zero-order chi connectivity index (χ0) is 17.3. The molecule has 0 aliphatic heterocycles. The minimum atomic E-state index is -0.914. The van der Waals surface area contributed by atoms with E-state index >= 15 is 0 Å². The van der Waals surface area contributed by atoms with Crippen LogP contribution in [0.2, 0.25) is 0 Å². The number of hydrogen-bond donors (Lipinski definition) is 0. The third kappa shape index (κ3) is 2.89. The van der Waals surface area contributed by atoms with Gasteiger partial charge in [0.1, 0.15) is 11.6 Å². The lowest BCUT2D eigenvalue weighted by molar-refractivity contribution is 0.103. The third-order valence-corrected chi connectivity index (χ3v) is 3.99. The summed E-state index contributed by atoms with van der Waals surface area (Å²) >= 11 is 3.00. The van der Waals surface area contributed by atoms with Crippen molar-refractivity contribution in [3.8, 4) is 5.88 Å². The highest BCUT2D eigenvalue weighted by atomic mass is 79.9. The van der Waals surface area contributed by atoms with Crippen LogP contribution in [-0.4, -0.2) is 17.4 Å². The molecule has 0 N–H and O–H groups in total. The predicted molar refractivity (Wildman–Crippen MR) is 90.4 cm³/mol. The van der Waals surface area contributed by atoms with Gasteiger partial charge in [-0.1, -0.05) is 28.1 Å².